The predicted octanol–water partition coefficient (Wildman–Crippen LogP) is 4.26. The Kier molecular flexibility index (Phi) is 3.71. The topological polar surface area (TPSA) is 34.0 Å². The third-order valence-electron chi connectivity index (χ3n) is 3.68. The van der Waals surface area contributed by atoms with Crippen LogP contribution in [0.25, 0.3) is 11.4 Å². The molecule has 0 atom stereocenters. The number of halogens is 2. The van der Waals surface area contributed by atoms with Gasteiger partial charge in [-0.1, -0.05) is 35.5 Å². The van der Waals surface area contributed by atoms with E-state index in [1.165, 1.54) is 12.1 Å². The SMILES string of the molecule is Fc1ccc(N2CSc3nnc(-c4ccccc4Cl)n3C2)cc1. The number of aromatic nitrogens is 3. The number of benzene rings is 2. The van der Waals surface area contributed by atoms with Gasteiger partial charge in [0.2, 0.25) is 0 Å². The molecule has 116 valence electrons. The van der Waals surface area contributed by atoms with Crippen LogP contribution < -0.4 is 4.90 Å². The van der Waals surface area contributed by atoms with Gasteiger partial charge in [0.15, 0.2) is 11.0 Å². The van der Waals surface area contributed by atoms with Gasteiger partial charge in [-0.15, -0.1) is 10.2 Å². The van der Waals surface area contributed by atoms with Gasteiger partial charge in [0.25, 0.3) is 0 Å². The van der Waals surface area contributed by atoms with Crippen molar-refractivity contribution in [3.8, 4) is 11.4 Å². The second-order valence-electron chi connectivity index (χ2n) is 5.15. The summed E-state index contributed by atoms with van der Waals surface area (Å²) in [5.41, 5.74) is 1.82. The molecule has 0 N–H and O–H groups in total. The zero-order valence-corrected chi connectivity index (χ0v) is 13.6. The fourth-order valence-electron chi connectivity index (χ4n) is 2.52. The van der Waals surface area contributed by atoms with Gasteiger partial charge in [-0.2, -0.15) is 0 Å². The standard InChI is InChI=1S/C16H12ClFN4S/c17-14-4-2-1-3-13(14)15-19-20-16-22(15)9-21(10-23-16)12-7-5-11(18)6-8-12/h1-8H,9-10H2. The first-order chi connectivity index (χ1) is 11.2. The summed E-state index contributed by atoms with van der Waals surface area (Å²) < 4.78 is 15.1. The summed E-state index contributed by atoms with van der Waals surface area (Å²) in [5, 5.41) is 10.0. The quantitative estimate of drug-likeness (QED) is 0.694. The molecule has 2 aromatic carbocycles. The van der Waals surface area contributed by atoms with Crippen LogP contribution in [-0.4, -0.2) is 20.6 Å². The van der Waals surface area contributed by atoms with Crippen LogP contribution in [0.1, 0.15) is 0 Å². The highest BCUT2D eigenvalue weighted by Crippen LogP contribution is 2.33. The Labute approximate surface area is 141 Å². The molecule has 0 aliphatic carbocycles. The second kappa shape index (κ2) is 5.86. The van der Waals surface area contributed by atoms with Gasteiger partial charge in [0.05, 0.1) is 17.6 Å². The Morgan fingerprint density at radius 1 is 1.04 bits per heavy atom. The number of fused-ring (bicyclic) bond motifs is 1. The maximum atomic E-state index is 13.1. The molecule has 2 heterocycles. The smallest absolute Gasteiger partial charge is 0.194 e. The summed E-state index contributed by atoms with van der Waals surface area (Å²) >= 11 is 7.88. The van der Waals surface area contributed by atoms with Crippen LogP contribution in [0.2, 0.25) is 5.02 Å². The van der Waals surface area contributed by atoms with E-state index >= 15 is 0 Å². The summed E-state index contributed by atoms with van der Waals surface area (Å²) in [6.45, 7) is 0.599. The van der Waals surface area contributed by atoms with E-state index in [1.54, 1.807) is 23.9 Å². The molecular formula is C16H12ClFN4S. The largest absolute Gasteiger partial charge is 0.344 e. The third-order valence-corrected chi connectivity index (χ3v) is 5.02. The van der Waals surface area contributed by atoms with Crippen molar-refractivity contribution in [2.24, 2.45) is 0 Å². The van der Waals surface area contributed by atoms with E-state index in [1.807, 2.05) is 28.8 Å². The highest BCUT2D eigenvalue weighted by Gasteiger charge is 2.23. The van der Waals surface area contributed by atoms with E-state index < -0.39 is 0 Å². The molecule has 7 heteroatoms. The van der Waals surface area contributed by atoms with Gasteiger partial charge in [0.1, 0.15) is 5.82 Å². The lowest BCUT2D eigenvalue weighted by atomic mass is 10.2. The molecule has 1 aliphatic heterocycles. The average Bonchev–Trinajstić information content (AvgIpc) is 2.99. The van der Waals surface area contributed by atoms with E-state index in [0.29, 0.717) is 11.7 Å². The molecular weight excluding hydrogens is 335 g/mol. The molecule has 3 aromatic rings. The Morgan fingerprint density at radius 2 is 1.83 bits per heavy atom. The highest BCUT2D eigenvalue weighted by molar-refractivity contribution is 7.99. The number of hydrogen-bond acceptors (Lipinski definition) is 4. The van der Waals surface area contributed by atoms with Crippen molar-refractivity contribution < 1.29 is 4.39 Å². The van der Waals surface area contributed by atoms with Gasteiger partial charge in [0, 0.05) is 11.3 Å². The minimum absolute atomic E-state index is 0.236. The molecule has 23 heavy (non-hydrogen) atoms. The van der Waals surface area contributed by atoms with Crippen molar-refractivity contribution in [1.29, 1.82) is 0 Å². The molecule has 0 fully saturated rings. The van der Waals surface area contributed by atoms with Crippen LogP contribution in [0, 0.1) is 5.82 Å². The highest BCUT2D eigenvalue weighted by atomic mass is 35.5. The maximum absolute atomic E-state index is 13.1. The van der Waals surface area contributed by atoms with Crippen molar-refractivity contribution in [2.45, 2.75) is 11.8 Å². The zero-order valence-electron chi connectivity index (χ0n) is 12.0. The van der Waals surface area contributed by atoms with Crippen molar-refractivity contribution in [2.75, 3.05) is 10.8 Å². The molecule has 0 unspecified atom stereocenters. The molecule has 0 radical (unpaired) electrons. The van der Waals surface area contributed by atoms with Crippen LogP contribution in [-0.2, 0) is 6.67 Å². The first-order valence-electron chi connectivity index (χ1n) is 7.04. The number of rotatable bonds is 2. The second-order valence-corrected chi connectivity index (χ2v) is 6.46. The molecule has 4 nitrogen and oxygen atoms in total. The van der Waals surface area contributed by atoms with E-state index in [9.17, 15) is 4.39 Å². The van der Waals surface area contributed by atoms with Crippen molar-refractivity contribution in [1.82, 2.24) is 14.8 Å². The summed E-state index contributed by atoms with van der Waals surface area (Å²) in [7, 11) is 0. The molecule has 1 aromatic heterocycles. The lowest BCUT2D eigenvalue weighted by molar-refractivity contribution is 0.605. The lowest BCUT2D eigenvalue weighted by Gasteiger charge is -2.29. The van der Waals surface area contributed by atoms with Crippen LogP contribution in [0.15, 0.2) is 53.7 Å². The predicted molar refractivity (Wildman–Crippen MR) is 90.1 cm³/mol. The minimum Gasteiger partial charge on any atom is -0.344 e. The van der Waals surface area contributed by atoms with Crippen LogP contribution >= 0.6 is 23.4 Å². The number of thioether (sulfide) groups is 1. The van der Waals surface area contributed by atoms with Crippen LogP contribution in [0.4, 0.5) is 10.1 Å². The van der Waals surface area contributed by atoms with Gasteiger partial charge in [-0.25, -0.2) is 4.39 Å². The number of hydrogen-bond donors (Lipinski definition) is 0. The summed E-state index contributed by atoms with van der Waals surface area (Å²) in [5.74, 6) is 1.25. The van der Waals surface area contributed by atoms with E-state index in [0.717, 1.165) is 28.1 Å². The Balaban J connectivity index is 1.70. The lowest BCUT2D eigenvalue weighted by Crippen LogP contribution is -2.30. The van der Waals surface area contributed by atoms with E-state index in [2.05, 4.69) is 15.1 Å². The molecule has 0 amide bonds. The Hall–Kier alpha value is -2.05. The molecule has 0 saturated carbocycles. The third kappa shape index (κ3) is 2.68. The first-order valence-corrected chi connectivity index (χ1v) is 8.40. The van der Waals surface area contributed by atoms with E-state index in [-0.39, 0.29) is 5.82 Å². The van der Waals surface area contributed by atoms with Gasteiger partial charge in [-0.05, 0) is 36.4 Å². The van der Waals surface area contributed by atoms with Crippen LogP contribution in [0.5, 0.6) is 0 Å². The molecule has 0 saturated heterocycles. The number of nitrogens with zero attached hydrogens (tertiary/aromatic N) is 4. The molecule has 1 aliphatic rings. The first kappa shape index (κ1) is 14.5. The van der Waals surface area contributed by atoms with Crippen molar-refractivity contribution in [3.63, 3.8) is 0 Å². The average molecular weight is 347 g/mol. The van der Waals surface area contributed by atoms with Crippen molar-refractivity contribution >= 4 is 29.1 Å². The molecule has 0 spiro atoms. The maximum Gasteiger partial charge on any atom is 0.194 e. The summed E-state index contributed by atoms with van der Waals surface area (Å²) in [6, 6.07) is 14.1. The zero-order chi connectivity index (χ0) is 15.8. The van der Waals surface area contributed by atoms with E-state index in [4.69, 9.17) is 11.6 Å². The fourth-order valence-corrected chi connectivity index (χ4v) is 3.64. The van der Waals surface area contributed by atoms with Gasteiger partial charge < -0.3 is 4.90 Å². The summed E-state index contributed by atoms with van der Waals surface area (Å²) in [6.07, 6.45) is 0. The van der Waals surface area contributed by atoms with Crippen molar-refractivity contribution in [3.05, 3.63) is 59.4 Å². The fraction of sp³-hybridized carbons (Fsp3) is 0.125. The number of anilines is 1. The monoisotopic (exact) mass is 346 g/mol. The minimum atomic E-state index is -0.236. The Morgan fingerprint density at radius 3 is 2.61 bits per heavy atom. The van der Waals surface area contributed by atoms with Crippen LogP contribution in [0.3, 0.4) is 0 Å². The Bertz CT molecular complexity index is 850. The van der Waals surface area contributed by atoms with Gasteiger partial charge >= 0.3 is 0 Å². The summed E-state index contributed by atoms with van der Waals surface area (Å²) in [4.78, 5) is 2.14. The van der Waals surface area contributed by atoms with Gasteiger partial charge in [-0.3, -0.25) is 4.57 Å². The molecule has 0 bridgehead atoms. The normalized spacial score (nSPS) is 13.9. The molecule has 4 rings (SSSR count).